The van der Waals surface area contributed by atoms with Crippen LogP contribution in [0.5, 0.6) is 11.5 Å². The number of nitrogens with zero attached hydrogens (tertiary/aromatic N) is 3. The number of fused-ring (bicyclic) bond motifs is 2. The molecule has 0 N–H and O–H groups in total. The molecule has 0 atom stereocenters. The summed E-state index contributed by atoms with van der Waals surface area (Å²) in [5.41, 5.74) is 2.75. The van der Waals surface area contributed by atoms with Gasteiger partial charge in [0.05, 0.1) is 10.2 Å². The first-order valence-corrected chi connectivity index (χ1v) is 11.8. The van der Waals surface area contributed by atoms with E-state index in [-0.39, 0.29) is 11.3 Å². The lowest BCUT2D eigenvalue weighted by molar-refractivity contribution is 0.0986. The van der Waals surface area contributed by atoms with Crippen molar-refractivity contribution < 1.29 is 14.3 Å². The highest BCUT2D eigenvalue weighted by Crippen LogP contribution is 2.39. The van der Waals surface area contributed by atoms with Crippen molar-refractivity contribution in [3.05, 3.63) is 47.5 Å². The van der Waals surface area contributed by atoms with Gasteiger partial charge in [0.15, 0.2) is 16.6 Å². The van der Waals surface area contributed by atoms with E-state index in [1.54, 1.807) is 4.90 Å². The van der Waals surface area contributed by atoms with E-state index < -0.39 is 0 Å². The lowest BCUT2D eigenvalue weighted by Crippen LogP contribution is -2.33. The summed E-state index contributed by atoms with van der Waals surface area (Å²) in [5.74, 6) is 1.42. The van der Waals surface area contributed by atoms with Crippen molar-refractivity contribution in [2.45, 2.75) is 32.6 Å². The molecule has 32 heavy (non-hydrogen) atoms. The van der Waals surface area contributed by atoms with Gasteiger partial charge in [-0.05, 0) is 50.2 Å². The fourth-order valence-electron chi connectivity index (χ4n) is 3.67. The predicted octanol–water partition coefficient (Wildman–Crippen LogP) is 4.96. The van der Waals surface area contributed by atoms with Crippen molar-refractivity contribution in [3.63, 3.8) is 0 Å². The average molecular weight is 454 g/mol. The number of carbonyl (C=O) groups excluding carboxylic acids is 1. The second-order valence-electron chi connectivity index (χ2n) is 9.40. The molecule has 0 aliphatic carbocycles. The van der Waals surface area contributed by atoms with E-state index in [1.165, 1.54) is 16.9 Å². The first kappa shape index (κ1) is 22.6. The van der Waals surface area contributed by atoms with Crippen molar-refractivity contribution in [3.8, 4) is 11.5 Å². The molecule has 7 heteroatoms. The summed E-state index contributed by atoms with van der Waals surface area (Å²) in [6, 6.07) is 11.8. The number of thiazole rings is 1. The molecule has 0 unspecified atom stereocenters. The zero-order valence-corrected chi connectivity index (χ0v) is 20.3. The number of ether oxygens (including phenoxy) is 2. The Morgan fingerprint density at radius 2 is 1.69 bits per heavy atom. The number of amides is 1. The molecule has 2 aromatic carbocycles. The fraction of sp³-hybridized carbons (Fsp3) is 0.440. The predicted molar refractivity (Wildman–Crippen MR) is 131 cm³/mol. The van der Waals surface area contributed by atoms with Gasteiger partial charge in [0.25, 0.3) is 5.91 Å². The van der Waals surface area contributed by atoms with E-state index >= 15 is 0 Å². The molecular weight excluding hydrogens is 422 g/mol. The van der Waals surface area contributed by atoms with E-state index in [9.17, 15) is 4.79 Å². The molecule has 3 aromatic rings. The van der Waals surface area contributed by atoms with Crippen LogP contribution in [0.15, 0.2) is 36.4 Å². The summed E-state index contributed by atoms with van der Waals surface area (Å²) < 4.78 is 12.4. The third-order valence-electron chi connectivity index (χ3n) is 5.50. The van der Waals surface area contributed by atoms with Gasteiger partial charge in [0.1, 0.15) is 13.2 Å². The minimum Gasteiger partial charge on any atom is -0.486 e. The Bertz CT molecular complexity index is 1060. The SMILES string of the molecule is CN(C)CCCN(C(=O)c1ccc(C(C)(C)C)cc1)c1nc2cc3c(cc2s1)OCCO3. The van der Waals surface area contributed by atoms with Crippen LogP contribution >= 0.6 is 11.3 Å². The lowest BCUT2D eigenvalue weighted by atomic mass is 9.86. The van der Waals surface area contributed by atoms with Crippen LogP contribution in [-0.4, -0.2) is 56.2 Å². The average Bonchev–Trinajstić information content (AvgIpc) is 3.16. The van der Waals surface area contributed by atoms with Crippen LogP contribution in [-0.2, 0) is 5.41 Å². The molecule has 1 amide bonds. The standard InChI is InChI=1S/C25H31N3O3S/c1-25(2,3)18-9-7-17(8-10-18)23(29)28(12-6-11-27(4)5)24-26-19-15-20-21(16-22(19)32-24)31-14-13-30-20/h7-10,15-16H,6,11-14H2,1-5H3. The number of hydrogen-bond acceptors (Lipinski definition) is 6. The van der Waals surface area contributed by atoms with Gasteiger partial charge < -0.3 is 14.4 Å². The highest BCUT2D eigenvalue weighted by molar-refractivity contribution is 7.22. The zero-order valence-electron chi connectivity index (χ0n) is 19.5. The molecule has 1 aliphatic heterocycles. The van der Waals surface area contributed by atoms with Crippen LogP contribution in [0.25, 0.3) is 10.2 Å². The van der Waals surface area contributed by atoms with Crippen molar-refractivity contribution in [2.75, 3.05) is 45.3 Å². The van der Waals surface area contributed by atoms with Crippen LogP contribution in [0.3, 0.4) is 0 Å². The Morgan fingerprint density at radius 3 is 2.31 bits per heavy atom. The minimum absolute atomic E-state index is 0.0273. The molecule has 2 heterocycles. The first-order valence-electron chi connectivity index (χ1n) is 11.0. The Morgan fingerprint density at radius 1 is 1.03 bits per heavy atom. The van der Waals surface area contributed by atoms with E-state index in [1.807, 2.05) is 50.5 Å². The maximum absolute atomic E-state index is 13.5. The second kappa shape index (κ2) is 9.08. The summed E-state index contributed by atoms with van der Waals surface area (Å²) in [6.45, 7) is 9.10. The molecular formula is C25H31N3O3S. The van der Waals surface area contributed by atoms with E-state index in [0.717, 1.165) is 28.9 Å². The van der Waals surface area contributed by atoms with Gasteiger partial charge in [-0.2, -0.15) is 0 Å². The molecule has 0 saturated carbocycles. The van der Waals surface area contributed by atoms with Crippen molar-refractivity contribution >= 4 is 32.6 Å². The van der Waals surface area contributed by atoms with E-state index in [0.29, 0.717) is 36.2 Å². The van der Waals surface area contributed by atoms with Crippen molar-refractivity contribution in [1.82, 2.24) is 9.88 Å². The van der Waals surface area contributed by atoms with E-state index in [2.05, 4.69) is 25.7 Å². The number of anilines is 1. The number of benzene rings is 2. The van der Waals surface area contributed by atoms with E-state index in [4.69, 9.17) is 14.5 Å². The van der Waals surface area contributed by atoms with Crippen LogP contribution in [0, 0.1) is 0 Å². The molecule has 0 bridgehead atoms. The second-order valence-corrected chi connectivity index (χ2v) is 10.4. The van der Waals surface area contributed by atoms with Crippen molar-refractivity contribution in [2.24, 2.45) is 0 Å². The smallest absolute Gasteiger partial charge is 0.260 e. The molecule has 6 nitrogen and oxygen atoms in total. The molecule has 4 rings (SSSR count). The highest BCUT2D eigenvalue weighted by atomic mass is 32.1. The van der Waals surface area contributed by atoms with Gasteiger partial charge >= 0.3 is 0 Å². The Balaban J connectivity index is 1.66. The number of rotatable bonds is 6. The van der Waals surface area contributed by atoms with Gasteiger partial charge in [-0.3, -0.25) is 9.69 Å². The largest absolute Gasteiger partial charge is 0.486 e. The Hall–Kier alpha value is -2.64. The van der Waals surface area contributed by atoms with Gasteiger partial charge in [-0.1, -0.05) is 44.2 Å². The third-order valence-corrected chi connectivity index (χ3v) is 6.54. The summed E-state index contributed by atoms with van der Waals surface area (Å²) in [6.07, 6.45) is 0.859. The number of hydrogen-bond donors (Lipinski definition) is 0. The quantitative estimate of drug-likeness (QED) is 0.528. The Kier molecular flexibility index (Phi) is 6.40. The summed E-state index contributed by atoms with van der Waals surface area (Å²) >= 11 is 1.51. The Labute approximate surface area is 193 Å². The van der Waals surface area contributed by atoms with Crippen LogP contribution < -0.4 is 14.4 Å². The number of carbonyl (C=O) groups is 1. The third kappa shape index (κ3) is 4.89. The van der Waals surface area contributed by atoms with Gasteiger partial charge in [0.2, 0.25) is 0 Å². The van der Waals surface area contributed by atoms with Crippen LogP contribution in [0.2, 0.25) is 0 Å². The summed E-state index contributed by atoms with van der Waals surface area (Å²) in [7, 11) is 4.08. The topological polar surface area (TPSA) is 54.9 Å². The lowest BCUT2D eigenvalue weighted by Gasteiger charge is -2.22. The molecule has 0 radical (unpaired) electrons. The first-order chi connectivity index (χ1) is 15.2. The molecule has 0 spiro atoms. The molecule has 1 aliphatic rings. The molecule has 0 saturated heterocycles. The maximum atomic E-state index is 13.5. The zero-order chi connectivity index (χ0) is 22.9. The van der Waals surface area contributed by atoms with Crippen LogP contribution in [0.1, 0.15) is 43.1 Å². The molecule has 1 aromatic heterocycles. The highest BCUT2D eigenvalue weighted by Gasteiger charge is 2.23. The monoisotopic (exact) mass is 453 g/mol. The minimum atomic E-state index is -0.0273. The summed E-state index contributed by atoms with van der Waals surface area (Å²) in [4.78, 5) is 22.3. The summed E-state index contributed by atoms with van der Waals surface area (Å²) in [5, 5.41) is 0.700. The van der Waals surface area contributed by atoms with Gasteiger partial charge in [-0.25, -0.2) is 4.98 Å². The van der Waals surface area contributed by atoms with Gasteiger partial charge in [-0.15, -0.1) is 0 Å². The fourth-order valence-corrected chi connectivity index (χ4v) is 4.67. The van der Waals surface area contributed by atoms with Gasteiger partial charge in [0, 0.05) is 24.2 Å². The van der Waals surface area contributed by atoms with Crippen molar-refractivity contribution in [1.29, 1.82) is 0 Å². The molecule has 170 valence electrons. The number of aromatic nitrogens is 1. The van der Waals surface area contributed by atoms with Crippen LogP contribution in [0.4, 0.5) is 5.13 Å². The molecule has 0 fully saturated rings. The normalized spacial score (nSPS) is 13.6. The maximum Gasteiger partial charge on any atom is 0.260 e.